The van der Waals surface area contributed by atoms with Crippen LogP contribution in [0.4, 0.5) is 16.3 Å². The second-order valence-electron chi connectivity index (χ2n) is 17.9. The standard InChI is InChI=1S/C51H60N6O5Si/c1-51(2,3)63(42-20-11-7-12-21-42,43-22-13-8-14-23-43)62-31-26-40-35-56(28-29-57(40)50(58)59)48-45-25-27-55(36-46(45)52-49(53-48)60-32-30-54(4)5)47-34-41(33-39-19-15-16-24-44(39)47)61-37-38-17-9-6-10-18-38/h6-24,33-34,40H,25-32,35-37H2,1-5H3,(H,58,59). The number of rotatable bonds is 15. The molecule has 63 heavy (non-hydrogen) atoms. The minimum atomic E-state index is -2.82. The quantitative estimate of drug-likeness (QED) is 0.103. The number of ether oxygens (including phenoxy) is 2. The zero-order valence-corrected chi connectivity index (χ0v) is 38.2. The summed E-state index contributed by atoms with van der Waals surface area (Å²) in [4.78, 5) is 31.3. The highest BCUT2D eigenvalue weighted by atomic mass is 28.4. The first-order chi connectivity index (χ1) is 30.5. The number of aromatic nitrogens is 2. The minimum Gasteiger partial charge on any atom is -0.489 e. The van der Waals surface area contributed by atoms with Gasteiger partial charge in [0.1, 0.15) is 24.8 Å². The molecular formula is C51H60N6O5Si. The summed E-state index contributed by atoms with van der Waals surface area (Å²) in [6, 6.07) is 44.1. The Hall–Kier alpha value is -5.95. The predicted molar refractivity (Wildman–Crippen MR) is 254 cm³/mol. The molecule has 12 heteroatoms. The van der Waals surface area contributed by atoms with Gasteiger partial charge in [0.05, 0.1) is 18.3 Å². The van der Waals surface area contributed by atoms with Gasteiger partial charge in [0.15, 0.2) is 0 Å². The third-order valence-corrected chi connectivity index (χ3v) is 17.5. The summed E-state index contributed by atoms with van der Waals surface area (Å²) in [6.07, 6.45) is 0.337. The predicted octanol–water partition coefficient (Wildman–Crippen LogP) is 7.85. The maximum Gasteiger partial charge on any atom is 0.407 e. The number of hydrogen-bond donors (Lipinski definition) is 1. The molecule has 11 nitrogen and oxygen atoms in total. The maximum atomic E-state index is 12.8. The second-order valence-corrected chi connectivity index (χ2v) is 22.2. The number of benzene rings is 5. The molecule has 5 aromatic carbocycles. The van der Waals surface area contributed by atoms with Gasteiger partial charge in [-0.05, 0) is 59.4 Å². The van der Waals surface area contributed by atoms with Crippen LogP contribution in [0.15, 0.2) is 127 Å². The molecule has 0 spiro atoms. The van der Waals surface area contributed by atoms with Crippen molar-refractivity contribution in [3.63, 3.8) is 0 Å². The molecule has 2 aliphatic heterocycles. The molecule has 1 aromatic heterocycles. The average Bonchev–Trinajstić information content (AvgIpc) is 3.29. The highest BCUT2D eigenvalue weighted by Crippen LogP contribution is 2.39. The van der Waals surface area contributed by atoms with E-state index in [9.17, 15) is 9.90 Å². The summed E-state index contributed by atoms with van der Waals surface area (Å²) < 4.78 is 19.9. The Morgan fingerprint density at radius 2 is 1.46 bits per heavy atom. The molecule has 328 valence electrons. The molecule has 3 heterocycles. The number of carboxylic acid groups (broad SMARTS) is 1. The lowest BCUT2D eigenvalue weighted by molar-refractivity contribution is 0.108. The molecule has 1 N–H and O–H groups in total. The Bertz CT molecular complexity index is 2430. The second kappa shape index (κ2) is 19.2. The van der Waals surface area contributed by atoms with Crippen LogP contribution in [0.25, 0.3) is 10.8 Å². The van der Waals surface area contributed by atoms with E-state index in [-0.39, 0.29) is 11.1 Å². The van der Waals surface area contributed by atoms with Gasteiger partial charge in [0.25, 0.3) is 8.32 Å². The molecule has 1 atom stereocenters. The zero-order valence-electron chi connectivity index (χ0n) is 37.2. The van der Waals surface area contributed by atoms with Crippen molar-refractivity contribution in [2.45, 2.75) is 57.8 Å². The number of likely N-dealkylation sites (N-methyl/N-ethyl adjacent to an activating group) is 1. The van der Waals surface area contributed by atoms with Crippen molar-refractivity contribution >= 4 is 47.1 Å². The molecule has 0 saturated carbocycles. The van der Waals surface area contributed by atoms with Gasteiger partial charge in [-0.2, -0.15) is 9.97 Å². The van der Waals surface area contributed by atoms with Gasteiger partial charge in [-0.1, -0.05) is 136 Å². The van der Waals surface area contributed by atoms with E-state index in [2.05, 4.69) is 133 Å². The van der Waals surface area contributed by atoms with Crippen LogP contribution in [0.5, 0.6) is 11.8 Å². The van der Waals surface area contributed by atoms with Gasteiger partial charge in [-0.3, -0.25) is 0 Å². The van der Waals surface area contributed by atoms with E-state index in [0.717, 1.165) is 51.4 Å². The van der Waals surface area contributed by atoms with Gasteiger partial charge in [-0.25, -0.2) is 4.79 Å². The van der Waals surface area contributed by atoms with Crippen molar-refractivity contribution in [3.8, 4) is 11.8 Å². The molecule has 0 radical (unpaired) electrons. The number of piperazine rings is 1. The van der Waals surface area contributed by atoms with Crippen LogP contribution in [0.1, 0.15) is 44.0 Å². The van der Waals surface area contributed by atoms with Crippen molar-refractivity contribution in [3.05, 3.63) is 144 Å². The van der Waals surface area contributed by atoms with Crippen molar-refractivity contribution in [1.29, 1.82) is 0 Å². The third kappa shape index (κ3) is 9.68. The lowest BCUT2D eigenvalue weighted by Crippen LogP contribution is -2.67. The van der Waals surface area contributed by atoms with Gasteiger partial charge >= 0.3 is 12.1 Å². The van der Waals surface area contributed by atoms with Crippen molar-refractivity contribution in [2.75, 3.05) is 69.8 Å². The van der Waals surface area contributed by atoms with Crippen LogP contribution in [-0.4, -0.2) is 105 Å². The summed E-state index contributed by atoms with van der Waals surface area (Å²) >= 11 is 0. The van der Waals surface area contributed by atoms with Crippen molar-refractivity contribution < 1.29 is 23.8 Å². The van der Waals surface area contributed by atoms with Gasteiger partial charge in [0, 0.05) is 62.0 Å². The topological polar surface area (TPSA) is 104 Å². The third-order valence-electron chi connectivity index (χ3n) is 12.4. The Kier molecular flexibility index (Phi) is 13.3. The Morgan fingerprint density at radius 3 is 2.13 bits per heavy atom. The summed E-state index contributed by atoms with van der Waals surface area (Å²) in [5.41, 5.74) is 4.20. The van der Waals surface area contributed by atoms with Crippen molar-refractivity contribution in [2.24, 2.45) is 0 Å². The highest BCUT2D eigenvalue weighted by Gasteiger charge is 2.50. The van der Waals surface area contributed by atoms with E-state index >= 15 is 0 Å². The molecule has 1 saturated heterocycles. The number of fused-ring (bicyclic) bond motifs is 2. The fourth-order valence-electron chi connectivity index (χ4n) is 9.25. The molecule has 6 aromatic rings. The first kappa shape index (κ1) is 43.7. The number of anilines is 2. The average molecular weight is 865 g/mol. The lowest BCUT2D eigenvalue weighted by atomic mass is 10.0. The lowest BCUT2D eigenvalue weighted by Gasteiger charge is -2.45. The van der Waals surface area contributed by atoms with E-state index < -0.39 is 14.4 Å². The molecule has 8 rings (SSSR count). The Balaban J connectivity index is 1.08. The van der Waals surface area contributed by atoms with Crippen molar-refractivity contribution in [1.82, 2.24) is 19.8 Å². The largest absolute Gasteiger partial charge is 0.489 e. The molecule has 0 aliphatic carbocycles. The first-order valence-electron chi connectivity index (χ1n) is 22.1. The van der Waals surface area contributed by atoms with Gasteiger partial charge in [-0.15, -0.1) is 0 Å². The van der Waals surface area contributed by atoms with E-state index in [1.54, 1.807) is 4.90 Å². The monoisotopic (exact) mass is 864 g/mol. The zero-order chi connectivity index (χ0) is 44.0. The summed E-state index contributed by atoms with van der Waals surface area (Å²) in [5.74, 6) is 1.64. The van der Waals surface area contributed by atoms with E-state index in [1.807, 2.05) is 44.4 Å². The Morgan fingerprint density at radius 1 is 0.794 bits per heavy atom. The molecule has 1 fully saturated rings. The van der Waals surface area contributed by atoms with E-state index in [0.29, 0.717) is 71.4 Å². The number of carbonyl (C=O) groups is 1. The number of hydrogen-bond acceptors (Lipinski definition) is 9. The van der Waals surface area contributed by atoms with Crippen LogP contribution >= 0.6 is 0 Å². The summed E-state index contributed by atoms with van der Waals surface area (Å²) in [6.45, 7) is 11.5. The van der Waals surface area contributed by atoms with E-state index in [1.165, 1.54) is 10.4 Å². The Labute approximate surface area is 373 Å². The summed E-state index contributed by atoms with van der Waals surface area (Å²) in [5, 5.41) is 15.0. The van der Waals surface area contributed by atoms with Gasteiger partial charge in [0.2, 0.25) is 0 Å². The molecule has 1 amide bonds. The molecular weight excluding hydrogens is 805 g/mol. The maximum absolute atomic E-state index is 12.8. The highest BCUT2D eigenvalue weighted by molar-refractivity contribution is 6.99. The smallest absolute Gasteiger partial charge is 0.407 e. The first-order valence-corrected chi connectivity index (χ1v) is 24.0. The molecule has 1 unspecified atom stereocenters. The van der Waals surface area contributed by atoms with Crippen LogP contribution in [0, 0.1) is 0 Å². The normalized spacial score (nSPS) is 15.7. The number of nitrogens with zero attached hydrogens (tertiary/aromatic N) is 6. The van der Waals surface area contributed by atoms with Crippen LogP contribution in [0.3, 0.4) is 0 Å². The van der Waals surface area contributed by atoms with Crippen LogP contribution in [-0.2, 0) is 24.0 Å². The molecule has 0 bridgehead atoms. The van der Waals surface area contributed by atoms with E-state index in [4.69, 9.17) is 23.9 Å². The fraction of sp³-hybridized carbons (Fsp3) is 0.353. The molecule has 2 aliphatic rings. The van der Waals surface area contributed by atoms with Crippen LogP contribution in [0.2, 0.25) is 5.04 Å². The fourth-order valence-corrected chi connectivity index (χ4v) is 13.8. The number of amides is 1. The van der Waals surface area contributed by atoms with Crippen LogP contribution < -0.4 is 29.6 Å². The van der Waals surface area contributed by atoms with Gasteiger partial charge < -0.3 is 38.6 Å². The minimum absolute atomic E-state index is 0.194. The summed E-state index contributed by atoms with van der Waals surface area (Å²) in [7, 11) is 1.21. The SMILES string of the molecule is CN(C)CCOc1nc2c(c(N3CCN(C(=O)O)C(CCO[Si](c4ccccc4)(c4ccccc4)C(C)(C)C)C3)n1)CCN(c1cc(OCc3ccccc3)cc3ccccc13)C2.